The normalized spacial score (nSPS) is 18.8. The van der Waals surface area contributed by atoms with Gasteiger partial charge in [-0.1, -0.05) is 48.0 Å². The summed E-state index contributed by atoms with van der Waals surface area (Å²) in [6.45, 7) is 7.00. The fourth-order valence-corrected chi connectivity index (χ4v) is 5.46. The molecule has 0 aliphatic carbocycles. The number of fused-ring (bicyclic) bond motifs is 1. The van der Waals surface area contributed by atoms with E-state index in [2.05, 4.69) is 16.2 Å². The van der Waals surface area contributed by atoms with Crippen LogP contribution in [0.3, 0.4) is 0 Å². The topological polar surface area (TPSA) is 106 Å². The Morgan fingerprint density at radius 3 is 2.62 bits per heavy atom. The van der Waals surface area contributed by atoms with Crippen molar-refractivity contribution in [2.75, 3.05) is 19.7 Å². The molecule has 0 saturated carbocycles. The number of hydrogen-bond donors (Lipinski definition) is 3. The summed E-state index contributed by atoms with van der Waals surface area (Å²) >= 11 is 6.12. The van der Waals surface area contributed by atoms with Crippen molar-refractivity contribution in [3.8, 4) is 0 Å². The lowest BCUT2D eigenvalue weighted by Crippen LogP contribution is -2.56. The van der Waals surface area contributed by atoms with Crippen molar-refractivity contribution < 1.29 is 23.6 Å². The highest BCUT2D eigenvalue weighted by Crippen LogP contribution is 2.21. The zero-order valence-electron chi connectivity index (χ0n) is 24.1. The molecule has 2 aromatic rings. The van der Waals surface area contributed by atoms with Crippen LogP contribution < -0.4 is 16.2 Å². The highest BCUT2D eigenvalue weighted by Gasteiger charge is 2.28. The van der Waals surface area contributed by atoms with Crippen LogP contribution in [0.25, 0.3) is 6.08 Å². The molecular weight excluding hydrogens is 563 g/mol. The van der Waals surface area contributed by atoms with Gasteiger partial charge in [0.25, 0.3) is 0 Å². The van der Waals surface area contributed by atoms with Gasteiger partial charge < -0.3 is 10.2 Å². The molecule has 226 valence electrons. The second-order valence-electron chi connectivity index (χ2n) is 10.8. The molecule has 3 atom stereocenters. The van der Waals surface area contributed by atoms with Crippen molar-refractivity contribution >= 4 is 35.5 Å². The van der Waals surface area contributed by atoms with Crippen LogP contribution in [-0.2, 0) is 27.5 Å². The predicted molar refractivity (Wildman–Crippen MR) is 158 cm³/mol. The van der Waals surface area contributed by atoms with Gasteiger partial charge in [0.05, 0.1) is 24.2 Å². The van der Waals surface area contributed by atoms with Gasteiger partial charge in [-0.2, -0.15) is 0 Å². The van der Waals surface area contributed by atoms with Crippen LogP contribution in [0.4, 0.5) is 9.18 Å². The van der Waals surface area contributed by atoms with Crippen molar-refractivity contribution in [2.45, 2.75) is 64.8 Å². The number of hydrogen-bond acceptors (Lipinski definition) is 6. The minimum Gasteiger partial charge on any atom is -0.340 e. The number of rotatable bonds is 10. The second kappa shape index (κ2) is 14.6. The van der Waals surface area contributed by atoms with E-state index < -0.39 is 17.9 Å². The first kappa shape index (κ1) is 31.4. The standard InChI is InChI=1S/C30H38ClFN6O4/c1-20-16-37(17-21(2)34-20)28(40)12-11-26(38(22(3)39)33-15-24-9-6-10-27(32)29(24)31)19-42-35-30(41)36-14-13-23-7-4-5-8-25(23)18-36/h4-10,13-14,20-21,26,33-34H,11-12,15-19H2,1-3H3,(H,35,41)/t20-,21+,26-/m0/s1. The number of nitrogens with zero attached hydrogens (tertiary/aromatic N) is 3. The van der Waals surface area contributed by atoms with Crippen molar-refractivity contribution in [3.05, 3.63) is 76.2 Å². The van der Waals surface area contributed by atoms with E-state index in [0.717, 1.165) is 11.1 Å². The molecule has 2 aromatic carbocycles. The molecule has 3 N–H and O–H groups in total. The van der Waals surface area contributed by atoms with Gasteiger partial charge in [0.2, 0.25) is 11.8 Å². The van der Waals surface area contributed by atoms with E-state index in [1.165, 1.54) is 29.0 Å². The summed E-state index contributed by atoms with van der Waals surface area (Å²) in [5.74, 6) is -0.930. The van der Waals surface area contributed by atoms with E-state index in [0.29, 0.717) is 25.2 Å². The van der Waals surface area contributed by atoms with E-state index in [1.807, 2.05) is 49.1 Å². The number of urea groups is 1. The number of amides is 4. The third kappa shape index (κ3) is 8.28. The minimum atomic E-state index is -0.630. The number of hydrazine groups is 1. The number of halogens is 2. The smallest absolute Gasteiger partial charge is 0.340 e. The van der Waals surface area contributed by atoms with Crippen LogP contribution in [0, 0.1) is 5.82 Å². The molecule has 0 radical (unpaired) electrons. The molecule has 2 aliphatic heterocycles. The highest BCUT2D eigenvalue weighted by atomic mass is 35.5. The third-order valence-corrected chi connectivity index (χ3v) is 7.73. The molecular formula is C30H38ClFN6O4. The molecule has 4 amide bonds. The number of carbonyl (C=O) groups is 3. The maximum atomic E-state index is 14.0. The number of carbonyl (C=O) groups excluding carboxylic acids is 3. The van der Waals surface area contributed by atoms with Crippen LogP contribution in [0.1, 0.15) is 50.3 Å². The Bertz CT molecular complexity index is 1300. The number of hydroxylamine groups is 1. The van der Waals surface area contributed by atoms with Crippen LogP contribution in [0.2, 0.25) is 5.02 Å². The molecule has 4 rings (SSSR count). The average molecular weight is 601 g/mol. The molecule has 10 nitrogen and oxygen atoms in total. The summed E-state index contributed by atoms with van der Waals surface area (Å²) in [5.41, 5.74) is 7.99. The van der Waals surface area contributed by atoms with E-state index in [-0.39, 0.29) is 54.9 Å². The highest BCUT2D eigenvalue weighted by molar-refractivity contribution is 6.31. The van der Waals surface area contributed by atoms with Crippen molar-refractivity contribution in [3.63, 3.8) is 0 Å². The molecule has 12 heteroatoms. The van der Waals surface area contributed by atoms with Gasteiger partial charge in [0, 0.05) is 51.3 Å². The summed E-state index contributed by atoms with van der Waals surface area (Å²) in [4.78, 5) is 47.6. The van der Waals surface area contributed by atoms with Crippen molar-refractivity contribution in [1.29, 1.82) is 0 Å². The van der Waals surface area contributed by atoms with Crippen molar-refractivity contribution in [1.82, 2.24) is 31.0 Å². The number of nitrogens with one attached hydrogen (secondary N) is 3. The monoisotopic (exact) mass is 600 g/mol. The van der Waals surface area contributed by atoms with Gasteiger partial charge in [-0.25, -0.2) is 20.1 Å². The van der Waals surface area contributed by atoms with Crippen LogP contribution in [0.15, 0.2) is 48.7 Å². The second-order valence-corrected chi connectivity index (χ2v) is 11.1. The lowest BCUT2D eigenvalue weighted by Gasteiger charge is -2.37. The summed E-state index contributed by atoms with van der Waals surface area (Å²) in [7, 11) is 0. The largest absolute Gasteiger partial charge is 0.345 e. The Labute approximate surface area is 250 Å². The first-order valence-corrected chi connectivity index (χ1v) is 14.4. The van der Waals surface area contributed by atoms with Gasteiger partial charge in [0.1, 0.15) is 5.82 Å². The van der Waals surface area contributed by atoms with Crippen molar-refractivity contribution in [2.24, 2.45) is 0 Å². The third-order valence-electron chi connectivity index (χ3n) is 7.30. The molecule has 2 aliphatic rings. The predicted octanol–water partition coefficient (Wildman–Crippen LogP) is 3.82. The quantitative estimate of drug-likeness (QED) is 0.358. The first-order chi connectivity index (χ1) is 20.1. The fourth-order valence-electron chi connectivity index (χ4n) is 5.26. The van der Waals surface area contributed by atoms with Crippen LogP contribution in [-0.4, -0.2) is 70.5 Å². The van der Waals surface area contributed by atoms with E-state index >= 15 is 0 Å². The number of piperazine rings is 1. The van der Waals surface area contributed by atoms with Crippen LogP contribution >= 0.6 is 11.6 Å². The van der Waals surface area contributed by atoms with E-state index in [4.69, 9.17) is 16.4 Å². The van der Waals surface area contributed by atoms with E-state index in [9.17, 15) is 18.8 Å². The Morgan fingerprint density at radius 2 is 1.88 bits per heavy atom. The first-order valence-electron chi connectivity index (χ1n) is 14.1. The molecule has 2 heterocycles. The Morgan fingerprint density at radius 1 is 1.14 bits per heavy atom. The molecule has 1 fully saturated rings. The van der Waals surface area contributed by atoms with Gasteiger partial charge in [-0.3, -0.25) is 24.3 Å². The maximum Gasteiger partial charge on any atom is 0.345 e. The molecule has 42 heavy (non-hydrogen) atoms. The summed E-state index contributed by atoms with van der Waals surface area (Å²) < 4.78 is 14.0. The fraction of sp³-hybridized carbons (Fsp3) is 0.433. The van der Waals surface area contributed by atoms with Gasteiger partial charge in [-0.15, -0.1) is 0 Å². The molecule has 0 spiro atoms. The maximum absolute atomic E-state index is 14.0. The zero-order valence-corrected chi connectivity index (χ0v) is 24.9. The minimum absolute atomic E-state index is 0.0296. The lowest BCUT2D eigenvalue weighted by molar-refractivity contribution is -0.140. The summed E-state index contributed by atoms with van der Waals surface area (Å²) in [6.07, 6.45) is 3.96. The Balaban J connectivity index is 1.41. The molecule has 1 saturated heterocycles. The number of benzene rings is 2. The van der Waals surface area contributed by atoms with Gasteiger partial charge in [-0.05, 0) is 49.1 Å². The summed E-state index contributed by atoms with van der Waals surface area (Å²) in [5, 5.41) is 4.72. The molecule has 0 bridgehead atoms. The van der Waals surface area contributed by atoms with E-state index in [1.54, 1.807) is 12.3 Å². The van der Waals surface area contributed by atoms with Gasteiger partial charge in [0.15, 0.2) is 0 Å². The lowest BCUT2D eigenvalue weighted by atomic mass is 10.0. The molecule has 0 unspecified atom stereocenters. The SMILES string of the molecule is CC(=O)N(NCc1cccc(F)c1Cl)[C@@H](CCC(=O)N1C[C@@H](C)N[C@@H](C)C1)CONC(=O)N1C=Cc2ccccc2C1. The Kier molecular flexibility index (Phi) is 10.9. The Hall–Kier alpha value is -3.51. The average Bonchev–Trinajstić information content (AvgIpc) is 2.96. The molecule has 0 aromatic heterocycles. The zero-order chi connectivity index (χ0) is 30.2. The summed E-state index contributed by atoms with van der Waals surface area (Å²) in [6, 6.07) is 11.5. The van der Waals surface area contributed by atoms with Crippen LogP contribution in [0.5, 0.6) is 0 Å². The van der Waals surface area contributed by atoms with Gasteiger partial charge >= 0.3 is 6.03 Å².